The molecule has 129 valence electrons. The third kappa shape index (κ3) is 5.26. The molecular weight excluding hydrogens is 286 g/mol. The molecule has 3 heteroatoms. The Labute approximate surface area is 141 Å². The van der Waals surface area contributed by atoms with Gasteiger partial charge in [0.15, 0.2) is 0 Å². The Balaban J connectivity index is 3.07. The Kier molecular flexibility index (Phi) is 6.67. The van der Waals surface area contributed by atoms with Gasteiger partial charge >= 0.3 is 0 Å². The molecule has 0 fully saturated rings. The number of hydrogen-bond donors (Lipinski definition) is 1. The van der Waals surface area contributed by atoms with Crippen LogP contribution in [-0.2, 0) is 15.6 Å². The van der Waals surface area contributed by atoms with Crippen molar-refractivity contribution < 1.29 is 9.53 Å². The summed E-state index contributed by atoms with van der Waals surface area (Å²) in [6, 6.07) is 6.51. The molecule has 0 aliphatic rings. The van der Waals surface area contributed by atoms with Gasteiger partial charge in [0.1, 0.15) is 5.75 Å². The van der Waals surface area contributed by atoms with Gasteiger partial charge in [-0.25, -0.2) is 0 Å². The molecule has 2 N–H and O–H groups in total. The summed E-state index contributed by atoms with van der Waals surface area (Å²) in [6.07, 6.45) is 4.14. The monoisotopic (exact) mass is 318 g/mol. The summed E-state index contributed by atoms with van der Waals surface area (Å²) in [5.74, 6) is 0.566. The fraction of sp³-hybridized carbons (Fsp3) is 0.600. The lowest BCUT2D eigenvalue weighted by Gasteiger charge is -2.30. The Morgan fingerprint density at radius 1 is 1.13 bits per heavy atom. The smallest absolute Gasteiger partial charge is 0.217 e. The fourth-order valence-electron chi connectivity index (χ4n) is 2.35. The lowest BCUT2D eigenvalue weighted by atomic mass is 9.76. The zero-order valence-electron chi connectivity index (χ0n) is 15.5. The van der Waals surface area contributed by atoms with Crippen LogP contribution in [0.4, 0.5) is 0 Å². The second-order valence-electron chi connectivity index (χ2n) is 7.46. The lowest BCUT2D eigenvalue weighted by molar-refractivity contribution is -0.117. The summed E-state index contributed by atoms with van der Waals surface area (Å²) < 4.78 is 5.91. The van der Waals surface area contributed by atoms with Crippen LogP contribution in [0.25, 0.3) is 0 Å². The third-order valence-electron chi connectivity index (χ3n) is 4.96. The molecule has 0 saturated heterocycles. The molecule has 3 nitrogen and oxygen atoms in total. The number of carbonyl (C=O) groups is 1. The highest BCUT2D eigenvalue weighted by atomic mass is 16.5. The minimum absolute atomic E-state index is 0.0405. The molecule has 0 aliphatic heterocycles. The van der Waals surface area contributed by atoms with Gasteiger partial charge in [0.2, 0.25) is 5.91 Å². The predicted molar refractivity (Wildman–Crippen MR) is 96.7 cm³/mol. The number of primary amides is 1. The first-order valence-corrected chi connectivity index (χ1v) is 8.52. The molecule has 1 rings (SSSR count). The van der Waals surface area contributed by atoms with Crippen molar-refractivity contribution in [2.75, 3.05) is 6.61 Å². The van der Waals surface area contributed by atoms with Gasteiger partial charge in [-0.1, -0.05) is 53.7 Å². The Bertz CT molecular complexity index is 532. The van der Waals surface area contributed by atoms with Crippen molar-refractivity contribution >= 4 is 5.91 Å². The summed E-state index contributed by atoms with van der Waals surface area (Å²) in [6.45, 7) is 13.8. The van der Waals surface area contributed by atoms with Crippen molar-refractivity contribution in [1.29, 1.82) is 0 Å². The van der Waals surface area contributed by atoms with Gasteiger partial charge < -0.3 is 10.5 Å². The zero-order chi connectivity index (χ0) is 17.7. The van der Waals surface area contributed by atoms with E-state index in [4.69, 9.17) is 10.5 Å². The van der Waals surface area contributed by atoms with Gasteiger partial charge in [0.05, 0.1) is 6.61 Å². The maximum atomic E-state index is 10.8. The van der Waals surface area contributed by atoms with Crippen molar-refractivity contribution in [1.82, 2.24) is 0 Å². The maximum Gasteiger partial charge on any atom is 0.217 e. The molecule has 0 heterocycles. The fourth-order valence-corrected chi connectivity index (χ4v) is 2.35. The minimum Gasteiger partial charge on any atom is -0.493 e. The van der Waals surface area contributed by atoms with Crippen LogP contribution >= 0.6 is 0 Å². The van der Waals surface area contributed by atoms with Gasteiger partial charge in [0.25, 0.3) is 0 Å². The van der Waals surface area contributed by atoms with E-state index in [0.717, 1.165) is 18.6 Å². The van der Waals surface area contributed by atoms with Gasteiger partial charge in [-0.2, -0.15) is 0 Å². The van der Waals surface area contributed by atoms with E-state index in [0.29, 0.717) is 6.61 Å². The molecule has 1 amide bonds. The summed E-state index contributed by atoms with van der Waals surface area (Å²) in [5, 5.41) is 0. The van der Waals surface area contributed by atoms with E-state index < -0.39 is 0 Å². The van der Waals surface area contributed by atoms with E-state index in [1.54, 1.807) is 6.42 Å². The first-order chi connectivity index (χ1) is 10.6. The molecule has 1 aromatic carbocycles. The molecule has 0 aromatic heterocycles. The second kappa shape index (κ2) is 7.85. The number of benzene rings is 1. The lowest BCUT2D eigenvalue weighted by Crippen LogP contribution is -2.21. The first-order valence-electron chi connectivity index (χ1n) is 8.52. The maximum absolute atomic E-state index is 10.8. The van der Waals surface area contributed by atoms with Crippen molar-refractivity contribution in [2.24, 2.45) is 5.73 Å². The molecule has 0 bridgehead atoms. The van der Waals surface area contributed by atoms with Crippen LogP contribution < -0.4 is 10.5 Å². The molecule has 0 atom stereocenters. The molecule has 0 unspecified atom stereocenters. The van der Waals surface area contributed by atoms with Crippen LogP contribution in [0.3, 0.4) is 0 Å². The quantitative estimate of drug-likeness (QED) is 0.681. The van der Waals surface area contributed by atoms with Crippen LogP contribution in [0.15, 0.2) is 18.2 Å². The van der Waals surface area contributed by atoms with Gasteiger partial charge in [-0.3, -0.25) is 4.79 Å². The summed E-state index contributed by atoms with van der Waals surface area (Å²) in [5.41, 5.74) is 7.90. The van der Waals surface area contributed by atoms with E-state index in [-0.39, 0.29) is 23.2 Å². The zero-order valence-corrected chi connectivity index (χ0v) is 15.5. The normalized spacial score (nSPS) is 12.3. The van der Waals surface area contributed by atoms with E-state index in [1.165, 1.54) is 11.1 Å². The molecule has 0 saturated carbocycles. The third-order valence-corrected chi connectivity index (χ3v) is 4.96. The largest absolute Gasteiger partial charge is 0.493 e. The van der Waals surface area contributed by atoms with Gasteiger partial charge in [-0.15, -0.1) is 0 Å². The van der Waals surface area contributed by atoms with Crippen LogP contribution in [0.1, 0.15) is 71.9 Å². The van der Waals surface area contributed by atoms with Crippen LogP contribution in [0.5, 0.6) is 5.75 Å². The van der Waals surface area contributed by atoms with Crippen LogP contribution in [-0.4, -0.2) is 12.5 Å². The number of hydrogen-bond acceptors (Lipinski definition) is 2. The highest BCUT2D eigenvalue weighted by molar-refractivity contribution is 5.74. The molecule has 1 aromatic rings. The number of ether oxygens (including phenoxy) is 1. The molecule has 23 heavy (non-hydrogen) atoms. The van der Waals surface area contributed by atoms with E-state index in [1.807, 2.05) is 0 Å². The molecule has 0 aliphatic carbocycles. The number of amides is 1. The predicted octanol–water partition coefficient (Wildman–Crippen LogP) is 4.52. The van der Waals surface area contributed by atoms with Crippen LogP contribution in [0, 0.1) is 6.42 Å². The number of nitrogens with two attached hydrogens (primary N) is 1. The minimum atomic E-state index is -0.331. The van der Waals surface area contributed by atoms with E-state index in [2.05, 4.69) is 59.7 Å². The second-order valence-corrected chi connectivity index (χ2v) is 7.46. The van der Waals surface area contributed by atoms with Crippen molar-refractivity contribution in [2.45, 2.75) is 71.6 Å². The average Bonchev–Trinajstić information content (AvgIpc) is 2.51. The number of rotatable bonds is 9. The standard InChI is InChI=1S/C20H32NO2/c1-7-19(3,4)15-11-12-17(23-13-9-10-18(21)22)16(14-15)20(5,6)8-2/h9,11-12,14H,7-8,10,13H2,1-6H3,(H2,21,22). The molecule has 1 radical (unpaired) electrons. The van der Waals surface area contributed by atoms with Crippen molar-refractivity contribution in [3.8, 4) is 5.75 Å². The van der Waals surface area contributed by atoms with Gasteiger partial charge in [0, 0.05) is 18.4 Å². The first kappa shape index (κ1) is 19.5. The van der Waals surface area contributed by atoms with Crippen LogP contribution in [0.2, 0.25) is 0 Å². The topological polar surface area (TPSA) is 52.3 Å². The highest BCUT2D eigenvalue weighted by Gasteiger charge is 2.26. The highest BCUT2D eigenvalue weighted by Crippen LogP contribution is 2.38. The Hall–Kier alpha value is -1.51. The van der Waals surface area contributed by atoms with Gasteiger partial charge in [-0.05, 0) is 35.3 Å². The summed E-state index contributed by atoms with van der Waals surface area (Å²) >= 11 is 0. The van der Waals surface area contributed by atoms with Crippen molar-refractivity contribution in [3.05, 3.63) is 35.7 Å². The molecule has 0 spiro atoms. The van der Waals surface area contributed by atoms with E-state index >= 15 is 0 Å². The van der Waals surface area contributed by atoms with E-state index in [9.17, 15) is 4.79 Å². The van der Waals surface area contributed by atoms with Crippen molar-refractivity contribution in [3.63, 3.8) is 0 Å². The molecular formula is C20H32NO2. The Morgan fingerprint density at radius 3 is 2.26 bits per heavy atom. The number of carbonyl (C=O) groups excluding carboxylic acids is 1. The SMILES string of the molecule is CCC(C)(C)c1ccc(OC[CH]CC(N)=O)c(C(C)(C)CC)c1. The Morgan fingerprint density at radius 2 is 1.74 bits per heavy atom. The average molecular weight is 318 g/mol. The summed E-state index contributed by atoms with van der Waals surface area (Å²) in [7, 11) is 0. The summed E-state index contributed by atoms with van der Waals surface area (Å²) in [4.78, 5) is 10.8.